The Morgan fingerprint density at radius 3 is 3.11 bits per heavy atom. The molecule has 0 amide bonds. The summed E-state index contributed by atoms with van der Waals surface area (Å²) >= 11 is 0. The quantitative estimate of drug-likeness (QED) is 0.694. The van der Waals surface area contributed by atoms with Gasteiger partial charge in [0.15, 0.2) is 0 Å². The van der Waals surface area contributed by atoms with Crippen molar-refractivity contribution in [2.75, 3.05) is 6.54 Å². The highest BCUT2D eigenvalue weighted by Gasteiger charge is 2.74. The summed E-state index contributed by atoms with van der Waals surface area (Å²) in [6, 6.07) is 2.06. The van der Waals surface area contributed by atoms with E-state index in [0.717, 1.165) is 47.0 Å². The van der Waals surface area contributed by atoms with Gasteiger partial charge >= 0.3 is 7.05 Å². The maximum absolute atomic E-state index is 11.2. The van der Waals surface area contributed by atoms with E-state index in [1.807, 2.05) is 19.3 Å². The third kappa shape index (κ3) is 1.66. The van der Waals surface area contributed by atoms with E-state index in [9.17, 15) is 10.1 Å². The van der Waals surface area contributed by atoms with E-state index in [0.29, 0.717) is 35.6 Å². The predicted octanol–water partition coefficient (Wildman–Crippen LogP) is 1.48. The lowest BCUT2D eigenvalue weighted by Gasteiger charge is -2.51. The number of aliphatic hydroxyl groups is 1. The molecule has 7 rings (SSSR count). The van der Waals surface area contributed by atoms with Crippen LogP contribution in [0.3, 0.4) is 0 Å². The smallest absolute Gasteiger partial charge is 0.428 e. The molecule has 3 heterocycles. The van der Waals surface area contributed by atoms with Gasteiger partial charge in [-0.05, 0) is 68.3 Å². The summed E-state index contributed by atoms with van der Waals surface area (Å²) in [5.74, 6) is 2.21. The van der Waals surface area contributed by atoms with Crippen LogP contribution in [0, 0.1) is 29.1 Å². The highest BCUT2D eigenvalue weighted by molar-refractivity contribution is 6.66. The maximum Gasteiger partial charge on any atom is 0.468 e. The summed E-state index contributed by atoms with van der Waals surface area (Å²) in [6.07, 6.45) is 9.15. The van der Waals surface area contributed by atoms with E-state index in [1.165, 1.54) is 12.8 Å². The van der Waals surface area contributed by atoms with E-state index < -0.39 is 12.7 Å². The first kappa shape index (κ1) is 16.0. The van der Waals surface area contributed by atoms with Crippen LogP contribution in [-0.2, 0) is 0 Å². The number of fused-ring (bicyclic) bond motifs is 5. The Bertz CT molecular complexity index is 1050. The van der Waals surface area contributed by atoms with Crippen molar-refractivity contribution in [3.8, 4) is 0 Å². The van der Waals surface area contributed by atoms with Crippen molar-refractivity contribution in [1.29, 1.82) is 0 Å². The summed E-state index contributed by atoms with van der Waals surface area (Å²) < 4.78 is 0. The monoisotopic (exact) mass is 376 g/mol. The highest BCUT2D eigenvalue weighted by atomic mass is 16.3. The first-order valence-corrected chi connectivity index (χ1v) is 10.7. The molecule has 1 spiro atoms. The van der Waals surface area contributed by atoms with Gasteiger partial charge in [-0.2, -0.15) is 5.10 Å². The van der Waals surface area contributed by atoms with Crippen molar-refractivity contribution < 1.29 is 10.1 Å². The molecular weight excluding hydrogens is 351 g/mol. The molecule has 4 fully saturated rings. The number of pyridine rings is 1. The fraction of sp³-hybridized carbons (Fsp3) is 0.619. The average molecular weight is 376 g/mol. The molecule has 0 radical (unpaired) electrons. The molecule has 4 aliphatic carbocycles. The van der Waals surface area contributed by atoms with Crippen LogP contribution in [0.5, 0.6) is 0 Å². The first-order chi connectivity index (χ1) is 13.5. The summed E-state index contributed by atoms with van der Waals surface area (Å²) in [7, 11) is -0.746. The summed E-state index contributed by atoms with van der Waals surface area (Å²) in [5.41, 5.74) is 3.86. The van der Waals surface area contributed by atoms with Gasteiger partial charge in [0.1, 0.15) is 5.65 Å². The van der Waals surface area contributed by atoms with Crippen molar-refractivity contribution >= 4 is 29.3 Å². The third-order valence-corrected chi connectivity index (χ3v) is 8.91. The van der Waals surface area contributed by atoms with Gasteiger partial charge in [0.25, 0.3) is 0 Å². The third-order valence-electron chi connectivity index (χ3n) is 8.91. The van der Waals surface area contributed by atoms with Gasteiger partial charge in [0.2, 0.25) is 0 Å². The Morgan fingerprint density at radius 1 is 1.36 bits per heavy atom. The minimum absolute atomic E-state index is 0.350. The fourth-order valence-corrected chi connectivity index (χ4v) is 8.10. The standard InChI is InChI=1S/C21H25BN4O2/c1-2-26-22(28)15-9-24-19-13(3-4-23-19)17(15)18(25-26)16-11-6-20(27)8-12-5-14(16)21(12,7-11)10-20/h3-4,9,11-12,14,16,27-28H,2,5-8,10H2,1H3,(H,23,24). The molecule has 6 nitrogen and oxygen atoms in total. The zero-order valence-corrected chi connectivity index (χ0v) is 16.1. The topological polar surface area (TPSA) is 84.7 Å². The van der Waals surface area contributed by atoms with Gasteiger partial charge in [0.05, 0.1) is 11.3 Å². The zero-order valence-electron chi connectivity index (χ0n) is 16.1. The molecule has 7 heteroatoms. The van der Waals surface area contributed by atoms with Crippen molar-refractivity contribution in [3.63, 3.8) is 0 Å². The maximum atomic E-state index is 11.2. The van der Waals surface area contributed by atoms with Gasteiger partial charge in [0, 0.05) is 41.3 Å². The average Bonchev–Trinajstić information content (AvgIpc) is 3.26. The normalized spacial score (nSPS) is 42.6. The number of rotatable bonds is 2. The number of hydrazone groups is 1. The Kier molecular flexibility index (Phi) is 2.75. The summed E-state index contributed by atoms with van der Waals surface area (Å²) in [6.45, 7) is 2.70. The summed E-state index contributed by atoms with van der Waals surface area (Å²) in [5, 5.41) is 28.2. The molecule has 3 N–H and O–H groups in total. The number of aromatic amines is 1. The highest BCUT2D eigenvalue weighted by Crippen LogP contribution is 2.78. The number of nitrogens with zero attached hydrogens (tertiary/aromatic N) is 3. The summed E-state index contributed by atoms with van der Waals surface area (Å²) in [4.78, 5) is 9.57. The minimum Gasteiger partial charge on any atom is -0.428 e. The molecule has 28 heavy (non-hydrogen) atoms. The number of H-pyrrole nitrogens is 1. The van der Waals surface area contributed by atoms with Crippen LogP contribution < -0.4 is 5.46 Å². The van der Waals surface area contributed by atoms with Crippen LogP contribution >= 0.6 is 0 Å². The van der Waals surface area contributed by atoms with E-state index in [-0.39, 0.29) is 0 Å². The molecular formula is C21H25BN4O2. The first-order valence-electron chi connectivity index (χ1n) is 10.7. The molecule has 5 aliphatic rings. The van der Waals surface area contributed by atoms with E-state index >= 15 is 0 Å². The largest absolute Gasteiger partial charge is 0.468 e. The number of aromatic nitrogens is 2. The van der Waals surface area contributed by atoms with Crippen LogP contribution in [0.4, 0.5) is 0 Å². The van der Waals surface area contributed by atoms with Gasteiger partial charge in [-0.25, -0.2) is 4.98 Å². The van der Waals surface area contributed by atoms with Crippen LogP contribution in [-0.4, -0.2) is 49.9 Å². The Morgan fingerprint density at radius 2 is 2.25 bits per heavy atom. The molecule has 1 aliphatic heterocycles. The van der Waals surface area contributed by atoms with Crippen LogP contribution in [0.25, 0.3) is 11.0 Å². The molecule has 0 aromatic carbocycles. The fourth-order valence-electron chi connectivity index (χ4n) is 8.10. The van der Waals surface area contributed by atoms with E-state index in [2.05, 4.69) is 16.0 Å². The number of hydrogen-bond donors (Lipinski definition) is 3. The number of hydrogen-bond acceptors (Lipinski definition) is 5. The molecule has 144 valence electrons. The Balaban J connectivity index is 1.44. The second kappa shape index (κ2) is 4.82. The Labute approximate surface area is 164 Å². The minimum atomic E-state index is -0.746. The molecule has 4 saturated carbocycles. The zero-order chi connectivity index (χ0) is 18.8. The van der Waals surface area contributed by atoms with Gasteiger partial charge in [-0.3, -0.25) is 0 Å². The molecule has 2 aromatic rings. The second-order valence-corrected chi connectivity index (χ2v) is 10.0. The lowest BCUT2D eigenvalue weighted by molar-refractivity contribution is -0.0259. The van der Waals surface area contributed by atoms with Gasteiger partial charge in [-0.1, -0.05) is 0 Å². The van der Waals surface area contributed by atoms with Crippen molar-refractivity contribution in [3.05, 3.63) is 24.0 Å². The van der Waals surface area contributed by atoms with Gasteiger partial charge in [-0.15, -0.1) is 0 Å². The lowest BCUT2D eigenvalue weighted by atomic mass is 9.53. The molecule has 6 unspecified atom stereocenters. The molecule has 3 bridgehead atoms. The molecule has 2 aromatic heterocycles. The van der Waals surface area contributed by atoms with Crippen LogP contribution in [0.2, 0.25) is 0 Å². The number of nitrogens with one attached hydrogen (secondary N) is 1. The Hall–Kier alpha value is -1.86. The van der Waals surface area contributed by atoms with E-state index in [1.54, 1.807) is 4.92 Å². The van der Waals surface area contributed by atoms with Crippen molar-refractivity contribution in [1.82, 2.24) is 14.9 Å². The van der Waals surface area contributed by atoms with Crippen LogP contribution in [0.15, 0.2) is 23.6 Å². The predicted molar refractivity (Wildman–Crippen MR) is 107 cm³/mol. The van der Waals surface area contributed by atoms with Crippen molar-refractivity contribution in [2.45, 2.75) is 44.6 Å². The molecule has 6 atom stereocenters. The van der Waals surface area contributed by atoms with E-state index in [4.69, 9.17) is 5.10 Å². The SMILES string of the molecule is CCN1N=C(C2C3CC4(O)CC5CC2C5(C3)C4)c2c(cnc3[nH]ccc23)B1O. The second-order valence-electron chi connectivity index (χ2n) is 10.0. The van der Waals surface area contributed by atoms with Crippen molar-refractivity contribution in [2.24, 2.45) is 34.2 Å². The van der Waals surface area contributed by atoms with Crippen LogP contribution in [0.1, 0.15) is 44.6 Å². The lowest BCUT2D eigenvalue weighted by Crippen LogP contribution is -2.54. The molecule has 0 saturated heterocycles. The van der Waals surface area contributed by atoms with Gasteiger partial charge < -0.3 is 20.0 Å².